The molecule has 1 aromatic heterocycles. The third-order valence-corrected chi connectivity index (χ3v) is 2.68. The number of aliphatic imine (C=N–C) groups is 1. The van der Waals surface area contributed by atoms with Gasteiger partial charge < -0.3 is 24.6 Å². The summed E-state index contributed by atoms with van der Waals surface area (Å²) >= 11 is 0. The highest BCUT2D eigenvalue weighted by atomic mass is 127. The highest BCUT2D eigenvalue weighted by molar-refractivity contribution is 14.0. The third kappa shape index (κ3) is 11.1. The highest BCUT2D eigenvalue weighted by Gasteiger charge is 2.01. The molecule has 0 spiro atoms. The summed E-state index contributed by atoms with van der Waals surface area (Å²) in [7, 11) is 1.66. The largest absolute Gasteiger partial charge is 0.382 e. The molecule has 23 heavy (non-hydrogen) atoms. The Balaban J connectivity index is 0.00000484. The smallest absolute Gasteiger partial charge is 0.191 e. The van der Waals surface area contributed by atoms with Gasteiger partial charge in [-0.3, -0.25) is 0 Å². The zero-order valence-electron chi connectivity index (χ0n) is 13.8. The molecule has 0 aliphatic heterocycles. The molecule has 2 N–H and O–H groups in total. The molecule has 0 amide bonds. The van der Waals surface area contributed by atoms with Gasteiger partial charge in [-0.05, 0) is 13.3 Å². The number of methoxy groups -OCH3 is 1. The van der Waals surface area contributed by atoms with Gasteiger partial charge in [0, 0.05) is 32.9 Å². The SMILES string of the molecule is C=CCNC(=NCc1cc(C)on1)NCCCOCCOC.I. The number of halogens is 1. The molecule has 0 saturated carbocycles. The molecule has 7 nitrogen and oxygen atoms in total. The molecule has 0 radical (unpaired) electrons. The van der Waals surface area contributed by atoms with Crippen LogP contribution in [0.4, 0.5) is 0 Å². The fourth-order valence-corrected chi connectivity index (χ4v) is 1.62. The summed E-state index contributed by atoms with van der Waals surface area (Å²) < 4.78 is 15.3. The Morgan fingerprint density at radius 2 is 2.22 bits per heavy atom. The van der Waals surface area contributed by atoms with Crippen LogP contribution in [0.3, 0.4) is 0 Å². The fourth-order valence-electron chi connectivity index (χ4n) is 1.62. The van der Waals surface area contributed by atoms with Gasteiger partial charge in [0.15, 0.2) is 5.96 Å². The lowest BCUT2D eigenvalue weighted by molar-refractivity contribution is 0.0698. The molecular weight excluding hydrogens is 411 g/mol. The number of hydrogen-bond donors (Lipinski definition) is 2. The molecule has 1 aromatic rings. The summed E-state index contributed by atoms with van der Waals surface area (Å²) in [6, 6.07) is 1.87. The van der Waals surface area contributed by atoms with E-state index in [1.165, 1.54) is 0 Å². The van der Waals surface area contributed by atoms with Crippen molar-refractivity contribution in [3.63, 3.8) is 0 Å². The minimum atomic E-state index is 0. The van der Waals surface area contributed by atoms with Crippen molar-refractivity contribution in [1.82, 2.24) is 15.8 Å². The number of ether oxygens (including phenoxy) is 2. The van der Waals surface area contributed by atoms with E-state index >= 15 is 0 Å². The van der Waals surface area contributed by atoms with Gasteiger partial charge in [-0.1, -0.05) is 11.2 Å². The summed E-state index contributed by atoms with van der Waals surface area (Å²) in [6.07, 6.45) is 2.67. The van der Waals surface area contributed by atoms with Crippen LogP contribution in [0.25, 0.3) is 0 Å². The maximum Gasteiger partial charge on any atom is 0.191 e. The first-order chi connectivity index (χ1) is 10.8. The average molecular weight is 438 g/mol. The first-order valence-corrected chi connectivity index (χ1v) is 7.38. The lowest BCUT2D eigenvalue weighted by atomic mass is 10.4. The first kappa shape index (κ1) is 21.9. The summed E-state index contributed by atoms with van der Waals surface area (Å²) in [4.78, 5) is 4.46. The number of nitrogens with zero attached hydrogens (tertiary/aromatic N) is 2. The molecule has 0 unspecified atom stereocenters. The van der Waals surface area contributed by atoms with Crippen molar-refractivity contribution in [2.24, 2.45) is 4.99 Å². The summed E-state index contributed by atoms with van der Waals surface area (Å²) in [5.41, 5.74) is 0.806. The van der Waals surface area contributed by atoms with Gasteiger partial charge in [0.05, 0.1) is 19.8 Å². The number of rotatable bonds is 11. The minimum absolute atomic E-state index is 0. The number of nitrogens with one attached hydrogen (secondary N) is 2. The van der Waals surface area contributed by atoms with Crippen molar-refractivity contribution in [3.8, 4) is 0 Å². The van der Waals surface area contributed by atoms with Crippen LogP contribution in [0.5, 0.6) is 0 Å². The quantitative estimate of drug-likeness (QED) is 0.181. The molecule has 0 aromatic carbocycles. The van der Waals surface area contributed by atoms with Gasteiger partial charge in [-0.25, -0.2) is 4.99 Å². The van der Waals surface area contributed by atoms with Crippen LogP contribution in [0.1, 0.15) is 17.9 Å². The zero-order chi connectivity index (χ0) is 16.0. The van der Waals surface area contributed by atoms with E-state index in [-0.39, 0.29) is 24.0 Å². The van der Waals surface area contributed by atoms with Crippen molar-refractivity contribution in [3.05, 3.63) is 30.2 Å². The monoisotopic (exact) mass is 438 g/mol. The number of aromatic nitrogens is 1. The molecule has 0 fully saturated rings. The predicted molar refractivity (Wildman–Crippen MR) is 101 cm³/mol. The van der Waals surface area contributed by atoms with Gasteiger partial charge in [0.1, 0.15) is 11.5 Å². The molecule has 0 aliphatic rings. The Kier molecular flexibility index (Phi) is 13.8. The Labute approximate surface area is 154 Å². The summed E-state index contributed by atoms with van der Waals surface area (Å²) in [5.74, 6) is 1.50. The molecule has 8 heteroatoms. The van der Waals surface area contributed by atoms with Crippen molar-refractivity contribution < 1.29 is 14.0 Å². The van der Waals surface area contributed by atoms with Crippen LogP contribution in [0.2, 0.25) is 0 Å². The van der Waals surface area contributed by atoms with Gasteiger partial charge in [-0.2, -0.15) is 0 Å². The van der Waals surface area contributed by atoms with E-state index in [4.69, 9.17) is 14.0 Å². The van der Waals surface area contributed by atoms with E-state index in [0.717, 1.165) is 30.4 Å². The topological polar surface area (TPSA) is 80.9 Å². The molecule has 0 aliphatic carbocycles. The van der Waals surface area contributed by atoms with Crippen molar-refractivity contribution in [2.45, 2.75) is 19.9 Å². The molecule has 0 atom stereocenters. The number of guanidine groups is 1. The second kappa shape index (κ2) is 14.5. The van der Waals surface area contributed by atoms with E-state index in [1.807, 2.05) is 13.0 Å². The molecule has 0 bridgehead atoms. The van der Waals surface area contributed by atoms with Gasteiger partial charge in [0.2, 0.25) is 0 Å². The zero-order valence-corrected chi connectivity index (χ0v) is 16.2. The molecule has 1 heterocycles. The van der Waals surface area contributed by atoms with Crippen molar-refractivity contribution in [2.75, 3.05) is 40.0 Å². The Morgan fingerprint density at radius 3 is 2.87 bits per heavy atom. The summed E-state index contributed by atoms with van der Waals surface area (Å²) in [5, 5.41) is 10.3. The highest BCUT2D eigenvalue weighted by Crippen LogP contribution is 2.02. The maximum atomic E-state index is 5.41. The second-order valence-corrected chi connectivity index (χ2v) is 4.65. The molecular formula is C15H27IN4O3. The van der Waals surface area contributed by atoms with Crippen molar-refractivity contribution in [1.29, 1.82) is 0 Å². The number of hydrogen-bond acceptors (Lipinski definition) is 5. The van der Waals surface area contributed by atoms with E-state index < -0.39 is 0 Å². The second-order valence-electron chi connectivity index (χ2n) is 4.65. The first-order valence-electron chi connectivity index (χ1n) is 7.38. The lowest BCUT2D eigenvalue weighted by Gasteiger charge is -2.11. The minimum Gasteiger partial charge on any atom is -0.382 e. The van der Waals surface area contributed by atoms with Crippen LogP contribution in [-0.2, 0) is 16.0 Å². The van der Waals surface area contributed by atoms with E-state index in [0.29, 0.717) is 32.9 Å². The fraction of sp³-hybridized carbons (Fsp3) is 0.600. The van der Waals surface area contributed by atoms with Crippen LogP contribution in [0, 0.1) is 6.92 Å². The number of aryl methyl sites for hydroxylation is 1. The molecule has 0 saturated heterocycles. The lowest BCUT2D eigenvalue weighted by Crippen LogP contribution is -2.38. The Bertz CT molecular complexity index is 452. The van der Waals surface area contributed by atoms with Gasteiger partial charge in [-0.15, -0.1) is 30.6 Å². The van der Waals surface area contributed by atoms with E-state index in [9.17, 15) is 0 Å². The predicted octanol–water partition coefficient (Wildman–Crippen LogP) is 1.88. The Morgan fingerprint density at radius 1 is 1.39 bits per heavy atom. The van der Waals surface area contributed by atoms with Crippen LogP contribution in [-0.4, -0.2) is 51.1 Å². The maximum absolute atomic E-state index is 5.41. The normalized spacial score (nSPS) is 11.0. The van der Waals surface area contributed by atoms with Gasteiger partial charge >= 0.3 is 0 Å². The van der Waals surface area contributed by atoms with Gasteiger partial charge in [0.25, 0.3) is 0 Å². The van der Waals surface area contributed by atoms with Crippen LogP contribution < -0.4 is 10.6 Å². The average Bonchev–Trinajstić information content (AvgIpc) is 2.94. The molecule has 1 rings (SSSR count). The third-order valence-electron chi connectivity index (χ3n) is 2.68. The molecule has 132 valence electrons. The standard InChI is InChI=1S/C15H26N4O3.HI/c1-4-6-16-15(17-7-5-8-21-10-9-20-3)18-12-14-11-13(2)22-19-14;/h4,11H,1,5-10,12H2,2-3H3,(H2,16,17,18);1H. The van der Waals surface area contributed by atoms with Crippen LogP contribution in [0.15, 0.2) is 28.2 Å². The van der Waals surface area contributed by atoms with Crippen LogP contribution >= 0.6 is 24.0 Å². The van der Waals surface area contributed by atoms with E-state index in [1.54, 1.807) is 13.2 Å². The summed E-state index contributed by atoms with van der Waals surface area (Å²) in [6.45, 7) is 9.37. The Hall–Kier alpha value is -1.13. The van der Waals surface area contributed by atoms with Crippen molar-refractivity contribution >= 4 is 29.9 Å². The van der Waals surface area contributed by atoms with E-state index in [2.05, 4.69) is 27.4 Å².